The molecule has 154 valence electrons. The van der Waals surface area contributed by atoms with E-state index in [1.165, 1.54) is 31.3 Å². The van der Waals surface area contributed by atoms with Gasteiger partial charge in [0.1, 0.15) is 6.04 Å². The Kier molecular flexibility index (Phi) is 8.76. The summed E-state index contributed by atoms with van der Waals surface area (Å²) in [6.45, 7) is -0.487. The number of carbonyl (C=O) groups is 3. The van der Waals surface area contributed by atoms with Crippen LogP contribution >= 0.6 is 12.2 Å². The molecule has 1 rings (SSSR count). The Morgan fingerprint density at radius 3 is 2.32 bits per heavy atom. The average molecular weight is 431 g/mol. The van der Waals surface area contributed by atoms with Crippen LogP contribution in [0.3, 0.4) is 0 Å². The fourth-order valence-corrected chi connectivity index (χ4v) is 2.67. The molecule has 0 saturated carbocycles. The van der Waals surface area contributed by atoms with E-state index >= 15 is 0 Å². The minimum Gasteiger partial charge on any atom is -0.454 e. The minimum absolute atomic E-state index is 0.00587. The van der Waals surface area contributed by atoms with Gasteiger partial charge in [-0.15, -0.1) is 0 Å². The van der Waals surface area contributed by atoms with Crippen molar-refractivity contribution in [2.45, 2.75) is 23.8 Å². The molecule has 0 aromatic heterocycles. The van der Waals surface area contributed by atoms with Gasteiger partial charge in [-0.05, 0) is 42.9 Å². The molecular weight excluding hydrogens is 410 g/mol. The molecule has 0 saturated heterocycles. The van der Waals surface area contributed by atoms with E-state index in [2.05, 4.69) is 16.0 Å². The highest BCUT2D eigenvalue weighted by atomic mass is 32.2. The third-order valence-corrected chi connectivity index (χ3v) is 4.48. The second-order valence-corrected chi connectivity index (χ2v) is 7.48. The van der Waals surface area contributed by atoms with Crippen LogP contribution < -0.4 is 26.8 Å². The van der Waals surface area contributed by atoms with E-state index < -0.39 is 40.5 Å². The van der Waals surface area contributed by atoms with Crippen molar-refractivity contribution in [1.82, 2.24) is 10.6 Å². The maximum Gasteiger partial charge on any atom is 0.329 e. The largest absolute Gasteiger partial charge is 0.454 e. The van der Waals surface area contributed by atoms with Gasteiger partial charge in [-0.3, -0.25) is 9.59 Å². The number of hydrogen-bond donors (Lipinski definition) is 5. The van der Waals surface area contributed by atoms with Crippen LogP contribution in [0.25, 0.3) is 0 Å². The van der Waals surface area contributed by atoms with Gasteiger partial charge in [0.2, 0.25) is 15.9 Å². The normalized spacial score (nSPS) is 11.8. The maximum atomic E-state index is 12.1. The van der Waals surface area contributed by atoms with E-state index in [4.69, 9.17) is 27.8 Å². The van der Waals surface area contributed by atoms with Crippen LogP contribution in [0.4, 0.5) is 5.69 Å². The molecule has 0 aliphatic carbocycles. The summed E-state index contributed by atoms with van der Waals surface area (Å²) in [4.78, 5) is 34.3. The van der Waals surface area contributed by atoms with E-state index in [1.807, 2.05) is 0 Å². The molecule has 0 heterocycles. The number of anilines is 1. The molecule has 1 atom stereocenters. The van der Waals surface area contributed by atoms with Crippen molar-refractivity contribution >= 4 is 50.8 Å². The second-order valence-electron chi connectivity index (χ2n) is 5.51. The molecule has 13 heteroatoms. The Labute approximate surface area is 167 Å². The summed E-state index contributed by atoms with van der Waals surface area (Å²) >= 11 is 5.11. The summed E-state index contributed by atoms with van der Waals surface area (Å²) < 4.78 is 27.4. The van der Waals surface area contributed by atoms with Crippen molar-refractivity contribution in [2.75, 3.05) is 19.0 Å². The predicted molar refractivity (Wildman–Crippen MR) is 104 cm³/mol. The lowest BCUT2D eigenvalue weighted by Crippen LogP contribution is -2.45. The second kappa shape index (κ2) is 10.5. The quantitative estimate of drug-likeness (QED) is 0.230. The maximum absolute atomic E-state index is 12.1. The Morgan fingerprint density at radius 1 is 1.21 bits per heavy atom. The van der Waals surface area contributed by atoms with Crippen LogP contribution in [0, 0.1) is 0 Å². The molecule has 2 amide bonds. The minimum atomic E-state index is -3.82. The third-order valence-electron chi connectivity index (χ3n) is 3.33. The summed E-state index contributed by atoms with van der Waals surface area (Å²) in [5, 5.41) is 12.7. The molecule has 0 aliphatic heterocycles. The van der Waals surface area contributed by atoms with Crippen molar-refractivity contribution < 1.29 is 27.5 Å². The molecular formula is C15H21N5O6S2. The highest BCUT2D eigenvalue weighted by Gasteiger charge is 2.22. The smallest absolute Gasteiger partial charge is 0.329 e. The van der Waals surface area contributed by atoms with E-state index in [0.29, 0.717) is 5.69 Å². The number of carbonyl (C=O) groups excluding carboxylic acids is 3. The van der Waals surface area contributed by atoms with E-state index in [9.17, 15) is 22.8 Å². The molecule has 0 aliphatic rings. The van der Waals surface area contributed by atoms with Crippen LogP contribution in [0.15, 0.2) is 29.2 Å². The lowest BCUT2D eigenvalue weighted by Gasteiger charge is -2.19. The summed E-state index contributed by atoms with van der Waals surface area (Å²) in [5.41, 5.74) is 5.53. The summed E-state index contributed by atoms with van der Waals surface area (Å²) in [7, 11) is -2.44. The highest BCUT2D eigenvalue weighted by molar-refractivity contribution is 7.89. The van der Waals surface area contributed by atoms with Gasteiger partial charge in [-0.2, -0.15) is 0 Å². The van der Waals surface area contributed by atoms with E-state index in [-0.39, 0.29) is 22.8 Å². The topological polar surface area (TPSA) is 183 Å². The van der Waals surface area contributed by atoms with Crippen LogP contribution in [-0.4, -0.2) is 51.0 Å². The monoisotopic (exact) mass is 431 g/mol. The zero-order valence-corrected chi connectivity index (χ0v) is 16.6. The lowest BCUT2D eigenvalue weighted by atomic mass is 10.1. The number of primary amides is 1. The molecule has 0 radical (unpaired) electrons. The zero-order valence-electron chi connectivity index (χ0n) is 14.9. The number of likely N-dealkylation sites (N-methyl/N-ethyl adjacent to an activating group) is 1. The molecule has 1 aromatic carbocycles. The van der Waals surface area contributed by atoms with Crippen LogP contribution in [-0.2, 0) is 29.1 Å². The molecule has 11 nitrogen and oxygen atoms in total. The van der Waals surface area contributed by atoms with Crippen LogP contribution in [0.1, 0.15) is 12.8 Å². The van der Waals surface area contributed by atoms with E-state index in [1.54, 1.807) is 0 Å². The molecule has 0 unspecified atom stereocenters. The molecule has 28 heavy (non-hydrogen) atoms. The summed E-state index contributed by atoms with van der Waals surface area (Å²) in [6, 6.07) is 4.39. The van der Waals surface area contributed by atoms with E-state index in [0.717, 1.165) is 0 Å². The first-order valence-corrected chi connectivity index (χ1v) is 9.84. The zero-order chi connectivity index (χ0) is 21.3. The SMILES string of the molecule is CNC(=O)COC(=O)[C@H](CCC(N)=O)NC(=S)Nc1ccc(S(N)(=O)=O)cc1. The number of primary sulfonamides is 1. The van der Waals surface area contributed by atoms with Gasteiger partial charge in [0.05, 0.1) is 4.90 Å². The number of rotatable bonds is 9. The van der Waals surface area contributed by atoms with Gasteiger partial charge in [0.15, 0.2) is 11.7 Å². The fourth-order valence-electron chi connectivity index (χ4n) is 1.90. The first-order valence-electron chi connectivity index (χ1n) is 7.89. The number of amides is 2. The molecule has 0 fully saturated rings. The number of hydrogen-bond acceptors (Lipinski definition) is 7. The van der Waals surface area contributed by atoms with Crippen molar-refractivity contribution in [3.63, 3.8) is 0 Å². The van der Waals surface area contributed by atoms with Crippen molar-refractivity contribution in [2.24, 2.45) is 10.9 Å². The molecule has 0 bridgehead atoms. The predicted octanol–water partition coefficient (Wildman–Crippen LogP) is -1.46. The first-order chi connectivity index (χ1) is 13.0. The molecule has 0 spiro atoms. The standard InChI is InChI=1S/C15H21N5O6S2/c1-18-13(22)8-26-14(23)11(6-7-12(16)21)20-15(27)19-9-2-4-10(5-3-9)28(17,24)25/h2-5,11H,6-8H2,1H3,(H2,16,21)(H,18,22)(H2,17,24,25)(H2,19,20,27)/t11-/m0/s1. The number of ether oxygens (including phenoxy) is 1. The number of sulfonamides is 1. The first kappa shape index (κ1) is 23.3. The van der Waals surface area contributed by atoms with Gasteiger partial charge >= 0.3 is 5.97 Å². The number of benzene rings is 1. The van der Waals surface area contributed by atoms with Crippen molar-refractivity contribution in [3.05, 3.63) is 24.3 Å². The van der Waals surface area contributed by atoms with Gasteiger partial charge < -0.3 is 26.4 Å². The fraction of sp³-hybridized carbons (Fsp3) is 0.333. The summed E-state index contributed by atoms with van der Waals surface area (Å²) in [5.74, 6) is -1.92. The Balaban J connectivity index is 2.75. The number of esters is 1. The Morgan fingerprint density at radius 2 is 1.82 bits per heavy atom. The van der Waals surface area contributed by atoms with Crippen molar-refractivity contribution in [1.29, 1.82) is 0 Å². The van der Waals surface area contributed by atoms with Crippen LogP contribution in [0.2, 0.25) is 0 Å². The number of nitrogens with one attached hydrogen (secondary N) is 3. The number of nitrogens with two attached hydrogens (primary N) is 2. The molecule has 1 aromatic rings. The Hall–Kier alpha value is -2.77. The van der Waals surface area contributed by atoms with Crippen molar-refractivity contribution in [3.8, 4) is 0 Å². The van der Waals surface area contributed by atoms with Gasteiger partial charge in [-0.25, -0.2) is 18.4 Å². The van der Waals surface area contributed by atoms with Crippen LogP contribution in [0.5, 0.6) is 0 Å². The Bertz CT molecular complexity index is 841. The highest BCUT2D eigenvalue weighted by Crippen LogP contribution is 2.13. The third kappa shape index (κ3) is 8.28. The summed E-state index contributed by atoms with van der Waals surface area (Å²) in [6.07, 6.45) is -0.119. The number of thiocarbonyl (C=S) groups is 1. The van der Waals surface area contributed by atoms with Gasteiger partial charge in [0, 0.05) is 19.2 Å². The lowest BCUT2D eigenvalue weighted by molar-refractivity contribution is -0.150. The van der Waals surface area contributed by atoms with Gasteiger partial charge in [-0.1, -0.05) is 0 Å². The molecule has 7 N–H and O–H groups in total. The average Bonchev–Trinajstić information content (AvgIpc) is 2.62. The van der Waals surface area contributed by atoms with Gasteiger partial charge in [0.25, 0.3) is 5.91 Å².